The Labute approximate surface area is 593 Å². The third-order valence-electron chi connectivity index (χ3n) is 17.7. The van der Waals surface area contributed by atoms with Crippen LogP contribution in [0.25, 0.3) is 0 Å². The Hall–Kier alpha value is -3.14. The van der Waals surface area contributed by atoms with Crippen LogP contribution >= 0.6 is 25.3 Å². The summed E-state index contributed by atoms with van der Waals surface area (Å²) >= 11 is 7.59. The molecule has 0 radical (unpaired) electrons. The number of aromatic hydroxyl groups is 2. The van der Waals surface area contributed by atoms with Gasteiger partial charge in [-0.25, -0.2) is 0 Å². The molecule has 12 nitrogen and oxygen atoms in total. The zero-order valence-electron chi connectivity index (χ0n) is 63.4. The normalized spacial score (nSPS) is 11.7. The molecule has 0 bridgehead atoms. The van der Waals surface area contributed by atoms with Gasteiger partial charge >= 0.3 is 11.9 Å². The van der Waals surface area contributed by atoms with Gasteiger partial charge in [0.15, 0.2) is 10.2 Å². The second-order valence-corrected chi connectivity index (χ2v) is 32.3. The van der Waals surface area contributed by atoms with E-state index in [2.05, 4.69) is 122 Å². The number of rotatable bonds is 48. The molecule has 0 aliphatic rings. The highest BCUT2D eigenvalue weighted by atomic mass is 32.1. The van der Waals surface area contributed by atoms with Gasteiger partial charge < -0.3 is 40.9 Å². The van der Waals surface area contributed by atoms with Gasteiger partial charge in [0.2, 0.25) is 0 Å². The zero-order chi connectivity index (χ0) is 72.8. The van der Waals surface area contributed by atoms with E-state index in [9.17, 15) is 29.4 Å². The highest BCUT2D eigenvalue weighted by Crippen LogP contribution is 2.41. The molecule has 2 rings (SSSR count). The third-order valence-corrected chi connectivity index (χ3v) is 18.1. The molecule has 8 N–H and O–H groups in total. The Morgan fingerprint density at radius 3 is 0.600 bits per heavy atom. The summed E-state index contributed by atoms with van der Waals surface area (Å²) < 4.78 is 0. The molecule has 2 aromatic carbocycles. The molecular weight excluding hydrogens is 1230 g/mol. The quantitative estimate of drug-likeness (QED) is 0.0220. The number of carboxylic acid groups (broad SMARTS) is 2. The Balaban J connectivity index is -0.00000114. The number of aliphatic hydroxyl groups is 4. The number of carbonyl (C=O) groups excluding carboxylic acids is 2. The molecule has 95 heavy (non-hydrogen) atoms. The van der Waals surface area contributed by atoms with Gasteiger partial charge in [-0.05, 0) is 80.7 Å². The fourth-order valence-corrected chi connectivity index (χ4v) is 11.4. The van der Waals surface area contributed by atoms with E-state index >= 15 is 0 Å². The number of hydrogen-bond donors (Lipinski definition) is 10. The van der Waals surface area contributed by atoms with E-state index < -0.39 is 43.8 Å². The second kappa shape index (κ2) is 57.6. The molecule has 0 atom stereocenters. The summed E-state index contributed by atoms with van der Waals surface area (Å²) in [7, 11) is 0. The smallest absolute Gasteiger partial charge is 0.303 e. The molecule has 0 saturated heterocycles. The molecule has 14 heteroatoms. The average Bonchev–Trinajstić information content (AvgIpc) is 0.795. The highest BCUT2D eigenvalue weighted by molar-refractivity contribution is 7.96. The van der Waals surface area contributed by atoms with E-state index in [1.807, 2.05) is 24.3 Å². The zero-order valence-corrected chi connectivity index (χ0v) is 65.2. The predicted octanol–water partition coefficient (Wildman–Crippen LogP) is 21.7. The predicted molar refractivity (Wildman–Crippen MR) is 408 cm³/mol. The fraction of sp³-hybridized carbons (Fsp3) is 0.802. The van der Waals surface area contributed by atoms with Crippen molar-refractivity contribution in [3.05, 3.63) is 57.6 Å². The van der Waals surface area contributed by atoms with Crippen LogP contribution < -0.4 is 0 Å². The van der Waals surface area contributed by atoms with Gasteiger partial charge in [0.1, 0.15) is 11.5 Å². The van der Waals surface area contributed by atoms with Gasteiger partial charge in [-0.15, -0.1) is 25.3 Å². The lowest BCUT2D eigenvalue weighted by atomic mass is 9.78. The van der Waals surface area contributed by atoms with Gasteiger partial charge in [-0.2, -0.15) is 0 Å². The van der Waals surface area contributed by atoms with Crippen molar-refractivity contribution in [3.63, 3.8) is 0 Å². The van der Waals surface area contributed by atoms with Crippen molar-refractivity contribution in [2.45, 2.75) is 388 Å². The van der Waals surface area contributed by atoms with Crippen molar-refractivity contribution >= 4 is 47.4 Å². The maximum absolute atomic E-state index is 10.8. The molecular formula is C81H148O12S2. The topological polar surface area (TPSA) is 230 Å². The largest absolute Gasteiger partial charge is 0.507 e. The summed E-state index contributed by atoms with van der Waals surface area (Å²) in [6, 6.07) is 7.75. The van der Waals surface area contributed by atoms with Crippen molar-refractivity contribution < 1.29 is 60.0 Å². The van der Waals surface area contributed by atoms with Gasteiger partial charge in [0.05, 0.1) is 31.8 Å². The summed E-state index contributed by atoms with van der Waals surface area (Å²) in [5.74, 6) is -0.923. The number of phenols is 2. The van der Waals surface area contributed by atoms with Crippen LogP contribution in [0, 0.1) is 5.41 Å². The van der Waals surface area contributed by atoms with Gasteiger partial charge in [-0.1, -0.05) is 340 Å². The number of aliphatic carboxylic acids is 2. The van der Waals surface area contributed by atoms with E-state index in [1.165, 1.54) is 218 Å². The van der Waals surface area contributed by atoms with Crippen LogP contribution in [0.1, 0.15) is 387 Å². The van der Waals surface area contributed by atoms with Crippen LogP contribution in [0.2, 0.25) is 0 Å². The summed E-state index contributed by atoms with van der Waals surface area (Å²) in [4.78, 5) is 42.9. The number of aliphatic hydroxyl groups excluding tert-OH is 4. The first-order valence-corrected chi connectivity index (χ1v) is 38.6. The molecule has 0 aromatic heterocycles. The van der Waals surface area contributed by atoms with Gasteiger partial charge in [-0.3, -0.25) is 19.2 Å². The Morgan fingerprint density at radius 2 is 0.474 bits per heavy atom. The summed E-state index contributed by atoms with van der Waals surface area (Å²) in [6.45, 7) is 27.6. The lowest BCUT2D eigenvalue weighted by Crippen LogP contribution is -2.37. The molecule has 0 spiro atoms. The van der Waals surface area contributed by atoms with E-state index in [1.54, 1.807) is 0 Å². The molecule has 0 aliphatic carbocycles. The first kappa shape index (κ1) is 96.0. The fourth-order valence-electron chi connectivity index (χ4n) is 11.1. The molecule has 556 valence electrons. The van der Waals surface area contributed by atoms with Crippen LogP contribution in [0.3, 0.4) is 0 Å². The third kappa shape index (κ3) is 54.4. The van der Waals surface area contributed by atoms with Gasteiger partial charge in [0.25, 0.3) is 0 Å². The van der Waals surface area contributed by atoms with Crippen LogP contribution in [-0.2, 0) is 53.7 Å². The average molecular weight is 1380 g/mol. The monoisotopic (exact) mass is 1380 g/mol. The van der Waals surface area contributed by atoms with Crippen LogP contribution in [0.4, 0.5) is 0 Å². The van der Waals surface area contributed by atoms with Crippen LogP contribution in [-0.4, -0.2) is 89.4 Å². The van der Waals surface area contributed by atoms with Gasteiger partial charge in [0, 0.05) is 25.7 Å². The number of benzene rings is 2. The summed E-state index contributed by atoms with van der Waals surface area (Å²) in [6.07, 6.45) is 52.4. The molecule has 0 unspecified atom stereocenters. The van der Waals surface area contributed by atoms with Crippen molar-refractivity contribution in [2.24, 2.45) is 5.41 Å². The lowest BCUT2D eigenvalue weighted by molar-refractivity contribution is -0.138. The molecule has 0 heterocycles. The number of carboxylic acids is 2. The Kier molecular flexibility index (Phi) is 58.2. The number of unbranched alkanes of at least 4 members (excludes halogenated alkanes) is 34. The molecule has 0 amide bonds. The van der Waals surface area contributed by atoms with E-state index in [4.69, 9.17) is 30.6 Å². The second-order valence-electron chi connectivity index (χ2n) is 31.3. The van der Waals surface area contributed by atoms with E-state index in [0.717, 1.165) is 46.2 Å². The minimum Gasteiger partial charge on any atom is -0.507 e. The minimum atomic E-state index is -1.11. The number of aryl methyl sites for hydroxylation is 2. The van der Waals surface area contributed by atoms with E-state index in [0.29, 0.717) is 37.2 Å². The van der Waals surface area contributed by atoms with Crippen LogP contribution in [0.15, 0.2) is 24.3 Å². The summed E-state index contributed by atoms with van der Waals surface area (Å²) in [5.41, 5.74) is 3.64. The SMILES string of the molecule is CC(C)(C)c1cc(CCC(=O)O)cc(C(C)(C)C)c1O.CC(C)(C)c1cc(CCC(=O)O)cc(C(C)(C)C)c1O.CCCCCCCCCCCCCCCCCCCCC(=O)S.CCCCCCCCCCCCCCCCCCCCC(=O)S.OCC(CO)(CO)CO. The molecule has 0 fully saturated rings. The number of carbonyl (C=O) groups is 4. The molecule has 0 saturated carbocycles. The van der Waals surface area contributed by atoms with E-state index in [-0.39, 0.29) is 44.7 Å². The van der Waals surface area contributed by atoms with Crippen LogP contribution in [0.5, 0.6) is 11.5 Å². The number of hydrogen-bond acceptors (Lipinski definition) is 10. The van der Waals surface area contributed by atoms with Crippen molar-refractivity contribution in [2.75, 3.05) is 26.4 Å². The molecule has 0 aliphatic heterocycles. The van der Waals surface area contributed by atoms with Crippen molar-refractivity contribution in [3.8, 4) is 11.5 Å². The first-order chi connectivity index (χ1) is 44.6. The highest BCUT2D eigenvalue weighted by Gasteiger charge is 2.29. The minimum absolute atomic E-state index is 0.0430. The maximum atomic E-state index is 10.8. The van der Waals surface area contributed by atoms with Crippen molar-refractivity contribution in [1.29, 1.82) is 0 Å². The Morgan fingerprint density at radius 1 is 0.305 bits per heavy atom. The number of phenolic OH excluding ortho intramolecular Hbond substituents is 2. The summed E-state index contributed by atoms with van der Waals surface area (Å²) in [5, 5.41) is 72.8. The van der Waals surface area contributed by atoms with Crippen molar-refractivity contribution in [1.82, 2.24) is 0 Å². The molecule has 2 aromatic rings. The lowest BCUT2D eigenvalue weighted by Gasteiger charge is -2.28. The first-order valence-electron chi connectivity index (χ1n) is 37.7. The maximum Gasteiger partial charge on any atom is 0.303 e. The number of thiol groups is 2. The standard InChI is InChI=1S/2C21H42OS.2C17H26O3.C5H12O4/c2*1-2-3-4-5-6-7-8-9-10-11-12-13-14-15-16-17-18-19-20-21(22)23;2*1-16(2,3)12-9-11(7-8-14(18)19)10-13(15(12)20)17(4,5)6;6-1-5(2-7,3-8)4-9/h2*2-20H2,1H3,(H,22,23);2*9-10,20H,7-8H2,1-6H3,(H,18,19);6-9H,1-4H2. The Bertz CT molecular complexity index is 2000.